The van der Waals surface area contributed by atoms with Crippen LogP contribution in [0.5, 0.6) is 5.75 Å². The number of thioether (sulfide) groups is 1. The van der Waals surface area contributed by atoms with Crippen molar-refractivity contribution in [1.82, 2.24) is 14.8 Å². The molecule has 2 heterocycles. The minimum atomic E-state index is -0.461. The molecule has 0 aliphatic carbocycles. The van der Waals surface area contributed by atoms with Crippen molar-refractivity contribution in [3.05, 3.63) is 50.6 Å². The molecular formula is C20H20Cl2N4O4S2. The maximum absolute atomic E-state index is 12.4. The van der Waals surface area contributed by atoms with Gasteiger partial charge in [-0.2, -0.15) is 0 Å². The number of anilines is 1. The number of rotatable bonds is 9. The summed E-state index contributed by atoms with van der Waals surface area (Å²) in [5.41, 5.74) is 0.352. The lowest BCUT2D eigenvalue weighted by atomic mass is 10.3. The van der Waals surface area contributed by atoms with Gasteiger partial charge in [0.15, 0.2) is 11.0 Å². The van der Waals surface area contributed by atoms with E-state index in [0.717, 1.165) is 4.88 Å². The van der Waals surface area contributed by atoms with Gasteiger partial charge < -0.3 is 19.4 Å². The zero-order valence-corrected chi connectivity index (χ0v) is 20.6. The molecule has 170 valence electrons. The highest BCUT2D eigenvalue weighted by Crippen LogP contribution is 2.30. The molecule has 0 atom stereocenters. The van der Waals surface area contributed by atoms with Crippen LogP contribution in [-0.4, -0.2) is 39.0 Å². The van der Waals surface area contributed by atoms with E-state index in [9.17, 15) is 9.59 Å². The first-order chi connectivity index (χ1) is 15.3. The lowest BCUT2D eigenvalue weighted by molar-refractivity contribution is -0.113. The maximum Gasteiger partial charge on any atom is 0.341 e. The Balaban J connectivity index is 1.58. The SMILES string of the molecule is CCOC(=O)c1cc(C)sc1NC(=O)CSc1nnc(COc2cc(Cl)ccc2Cl)n1C. The van der Waals surface area contributed by atoms with Gasteiger partial charge in [-0.1, -0.05) is 35.0 Å². The van der Waals surface area contributed by atoms with Crippen molar-refractivity contribution in [3.8, 4) is 5.75 Å². The number of amides is 1. The summed E-state index contributed by atoms with van der Waals surface area (Å²) in [5.74, 6) is 0.361. The lowest BCUT2D eigenvalue weighted by Gasteiger charge is -2.08. The minimum absolute atomic E-state index is 0.0894. The number of esters is 1. The highest BCUT2D eigenvalue weighted by molar-refractivity contribution is 7.99. The van der Waals surface area contributed by atoms with Crippen LogP contribution < -0.4 is 10.1 Å². The second-order valence-corrected chi connectivity index (χ2v) is 9.52. The molecule has 0 saturated heterocycles. The molecule has 12 heteroatoms. The average Bonchev–Trinajstić information content (AvgIpc) is 3.29. The lowest BCUT2D eigenvalue weighted by Crippen LogP contribution is -2.16. The van der Waals surface area contributed by atoms with Crippen LogP contribution >= 0.6 is 46.3 Å². The van der Waals surface area contributed by atoms with Gasteiger partial charge in [0.25, 0.3) is 0 Å². The van der Waals surface area contributed by atoms with Crippen LogP contribution in [0.25, 0.3) is 0 Å². The van der Waals surface area contributed by atoms with E-state index in [-0.39, 0.29) is 24.9 Å². The summed E-state index contributed by atoms with van der Waals surface area (Å²) in [5, 5.41) is 13.0. The second kappa shape index (κ2) is 11.0. The van der Waals surface area contributed by atoms with Crippen LogP contribution in [-0.2, 0) is 23.2 Å². The third kappa shape index (κ3) is 6.16. The standard InChI is InChI=1S/C20H20Cl2N4O4S2/c1-4-29-19(28)13-7-11(2)32-18(13)23-17(27)10-31-20-25-24-16(26(20)3)9-30-15-8-12(21)5-6-14(15)22/h5-8H,4,9-10H2,1-3H3,(H,23,27). The molecule has 8 nitrogen and oxygen atoms in total. The van der Waals surface area contributed by atoms with E-state index in [2.05, 4.69) is 15.5 Å². The van der Waals surface area contributed by atoms with E-state index in [0.29, 0.717) is 37.3 Å². The van der Waals surface area contributed by atoms with Crippen molar-refractivity contribution in [3.63, 3.8) is 0 Å². The Morgan fingerprint density at radius 3 is 2.78 bits per heavy atom. The first-order valence-corrected chi connectivity index (χ1v) is 12.0. The minimum Gasteiger partial charge on any atom is -0.484 e. The molecule has 2 aromatic heterocycles. The number of aromatic nitrogens is 3. The Labute approximate surface area is 203 Å². The molecule has 1 aromatic carbocycles. The molecule has 0 aliphatic rings. The summed E-state index contributed by atoms with van der Waals surface area (Å²) in [6, 6.07) is 6.65. The Morgan fingerprint density at radius 1 is 1.25 bits per heavy atom. The van der Waals surface area contributed by atoms with Gasteiger partial charge in [-0.05, 0) is 32.0 Å². The van der Waals surface area contributed by atoms with E-state index in [4.69, 9.17) is 32.7 Å². The average molecular weight is 515 g/mol. The first-order valence-electron chi connectivity index (χ1n) is 9.44. The fraction of sp³-hybridized carbons (Fsp3) is 0.300. The summed E-state index contributed by atoms with van der Waals surface area (Å²) in [6.45, 7) is 3.99. The summed E-state index contributed by atoms with van der Waals surface area (Å²) >= 11 is 14.6. The third-order valence-corrected chi connectivity index (χ3v) is 6.64. The number of aryl methyl sites for hydroxylation is 1. The van der Waals surface area contributed by atoms with Gasteiger partial charge in [-0.3, -0.25) is 4.79 Å². The Kier molecular flexibility index (Phi) is 8.41. The number of ether oxygens (including phenoxy) is 2. The van der Waals surface area contributed by atoms with Gasteiger partial charge in [0, 0.05) is 23.0 Å². The molecule has 0 saturated carbocycles. The van der Waals surface area contributed by atoms with Crippen molar-refractivity contribution in [2.75, 3.05) is 17.7 Å². The van der Waals surface area contributed by atoms with Crippen molar-refractivity contribution in [1.29, 1.82) is 0 Å². The van der Waals surface area contributed by atoms with Crippen molar-refractivity contribution in [2.24, 2.45) is 7.05 Å². The summed E-state index contributed by atoms with van der Waals surface area (Å²) in [4.78, 5) is 25.4. The van der Waals surface area contributed by atoms with E-state index in [1.807, 2.05) is 6.92 Å². The topological polar surface area (TPSA) is 95.3 Å². The predicted molar refractivity (Wildman–Crippen MR) is 126 cm³/mol. The van der Waals surface area contributed by atoms with Crippen LogP contribution in [0.3, 0.4) is 0 Å². The van der Waals surface area contributed by atoms with Gasteiger partial charge in [0.1, 0.15) is 17.4 Å². The van der Waals surface area contributed by atoms with E-state index >= 15 is 0 Å². The normalized spacial score (nSPS) is 10.8. The van der Waals surface area contributed by atoms with Crippen LogP contribution in [0.15, 0.2) is 29.4 Å². The van der Waals surface area contributed by atoms with Crippen molar-refractivity contribution in [2.45, 2.75) is 25.6 Å². The van der Waals surface area contributed by atoms with Gasteiger partial charge >= 0.3 is 5.97 Å². The molecule has 1 N–H and O–H groups in total. The molecule has 0 unspecified atom stereocenters. The molecule has 0 aliphatic heterocycles. The molecule has 0 spiro atoms. The van der Waals surface area contributed by atoms with Crippen LogP contribution in [0, 0.1) is 6.92 Å². The fourth-order valence-corrected chi connectivity index (χ4v) is 4.57. The number of carbonyl (C=O) groups excluding carboxylic acids is 2. The Morgan fingerprint density at radius 2 is 2.03 bits per heavy atom. The smallest absolute Gasteiger partial charge is 0.341 e. The van der Waals surface area contributed by atoms with E-state index in [1.54, 1.807) is 42.8 Å². The Bertz CT molecular complexity index is 1130. The monoisotopic (exact) mass is 514 g/mol. The predicted octanol–water partition coefficient (Wildman–Crippen LogP) is 4.98. The van der Waals surface area contributed by atoms with E-state index in [1.165, 1.54) is 23.1 Å². The number of hydrogen-bond donors (Lipinski definition) is 1. The molecular weight excluding hydrogens is 495 g/mol. The highest BCUT2D eigenvalue weighted by Gasteiger charge is 2.19. The molecule has 1 amide bonds. The van der Waals surface area contributed by atoms with Gasteiger partial charge in [0.05, 0.1) is 22.9 Å². The largest absolute Gasteiger partial charge is 0.484 e. The van der Waals surface area contributed by atoms with Gasteiger partial charge in [0.2, 0.25) is 5.91 Å². The Hall–Kier alpha value is -2.27. The van der Waals surface area contributed by atoms with Gasteiger partial charge in [-0.15, -0.1) is 21.5 Å². The zero-order chi connectivity index (χ0) is 23.3. The summed E-state index contributed by atoms with van der Waals surface area (Å²) < 4.78 is 12.5. The number of nitrogens with one attached hydrogen (secondary N) is 1. The number of halogens is 2. The molecule has 0 bridgehead atoms. The molecule has 3 rings (SSSR count). The van der Waals surface area contributed by atoms with Crippen LogP contribution in [0.1, 0.15) is 28.0 Å². The number of thiophene rings is 1. The fourth-order valence-electron chi connectivity index (χ4n) is 2.59. The van der Waals surface area contributed by atoms with Crippen molar-refractivity contribution >= 4 is 63.2 Å². The summed E-state index contributed by atoms with van der Waals surface area (Å²) in [6.07, 6.45) is 0. The van der Waals surface area contributed by atoms with Crippen LogP contribution in [0.4, 0.5) is 5.00 Å². The molecule has 32 heavy (non-hydrogen) atoms. The zero-order valence-electron chi connectivity index (χ0n) is 17.5. The van der Waals surface area contributed by atoms with Gasteiger partial charge in [-0.25, -0.2) is 4.79 Å². The molecule has 3 aromatic rings. The number of benzene rings is 1. The van der Waals surface area contributed by atoms with Crippen molar-refractivity contribution < 1.29 is 19.1 Å². The second-order valence-electron chi connectivity index (χ2n) is 6.48. The maximum atomic E-state index is 12.4. The molecule has 0 fully saturated rings. The summed E-state index contributed by atoms with van der Waals surface area (Å²) in [7, 11) is 1.78. The van der Waals surface area contributed by atoms with Crippen LogP contribution in [0.2, 0.25) is 10.0 Å². The molecule has 0 radical (unpaired) electrons. The number of hydrogen-bond acceptors (Lipinski definition) is 8. The quantitative estimate of drug-likeness (QED) is 0.317. The first kappa shape index (κ1) is 24.4. The third-order valence-electron chi connectivity index (χ3n) is 4.11. The number of nitrogens with zero attached hydrogens (tertiary/aromatic N) is 3. The van der Waals surface area contributed by atoms with E-state index < -0.39 is 5.97 Å². The number of carbonyl (C=O) groups is 2. The highest BCUT2D eigenvalue weighted by atomic mass is 35.5.